The maximum Gasteiger partial charge on any atom is 0.295 e. The molecule has 1 amide bonds. The number of thiophene rings is 1. The minimum atomic E-state index is -0.249. The second-order valence-corrected chi connectivity index (χ2v) is 8.94. The third kappa shape index (κ3) is 4.21. The Labute approximate surface area is 187 Å². The Morgan fingerprint density at radius 3 is 2.61 bits per heavy atom. The van der Waals surface area contributed by atoms with Crippen molar-refractivity contribution in [3.63, 3.8) is 0 Å². The maximum atomic E-state index is 12.9. The van der Waals surface area contributed by atoms with E-state index >= 15 is 0 Å². The lowest BCUT2D eigenvalue weighted by atomic mass is 10.3. The van der Waals surface area contributed by atoms with Gasteiger partial charge in [-0.3, -0.25) is 14.3 Å². The standard InChI is InChI=1S/C21H22N6O2S2/c1-14-18(20(29)27(26(14)3)15-8-5-4-6-9-15)22-17(28)11-13-31-21-24-23-19(25(21)2)16-10-7-12-30-16/h4-10,12H,11,13H2,1-3H3,(H,22,28). The van der Waals surface area contributed by atoms with E-state index < -0.39 is 0 Å². The van der Waals surface area contributed by atoms with Gasteiger partial charge in [0.15, 0.2) is 11.0 Å². The highest BCUT2D eigenvalue weighted by atomic mass is 32.2. The van der Waals surface area contributed by atoms with Gasteiger partial charge in [-0.15, -0.1) is 21.5 Å². The largest absolute Gasteiger partial charge is 0.320 e. The molecule has 1 N–H and O–H groups in total. The summed E-state index contributed by atoms with van der Waals surface area (Å²) in [7, 11) is 3.71. The van der Waals surface area contributed by atoms with Gasteiger partial charge in [-0.2, -0.15) is 0 Å². The highest BCUT2D eigenvalue weighted by Gasteiger charge is 2.18. The number of carbonyl (C=O) groups excluding carboxylic acids is 1. The first-order chi connectivity index (χ1) is 15.0. The predicted molar refractivity (Wildman–Crippen MR) is 124 cm³/mol. The lowest BCUT2D eigenvalue weighted by molar-refractivity contribution is -0.115. The topological polar surface area (TPSA) is 86.7 Å². The van der Waals surface area contributed by atoms with Crippen molar-refractivity contribution >= 4 is 34.7 Å². The number of carbonyl (C=O) groups is 1. The number of nitrogens with one attached hydrogen (secondary N) is 1. The molecule has 3 heterocycles. The first-order valence-corrected chi connectivity index (χ1v) is 11.5. The molecule has 160 valence electrons. The van der Waals surface area contributed by atoms with Crippen LogP contribution in [0.25, 0.3) is 16.4 Å². The first kappa shape index (κ1) is 21.1. The molecule has 0 aliphatic rings. The lowest BCUT2D eigenvalue weighted by Gasteiger charge is -2.07. The molecule has 8 nitrogen and oxygen atoms in total. The van der Waals surface area contributed by atoms with Crippen LogP contribution in [0.4, 0.5) is 5.69 Å². The van der Waals surface area contributed by atoms with Gasteiger partial charge in [0.25, 0.3) is 5.56 Å². The predicted octanol–water partition coefficient (Wildman–Crippen LogP) is 3.46. The van der Waals surface area contributed by atoms with Crippen LogP contribution >= 0.6 is 23.1 Å². The molecule has 0 saturated heterocycles. The lowest BCUT2D eigenvalue weighted by Crippen LogP contribution is -2.23. The van der Waals surface area contributed by atoms with Crippen molar-refractivity contribution in [2.45, 2.75) is 18.5 Å². The van der Waals surface area contributed by atoms with E-state index in [2.05, 4.69) is 15.5 Å². The molecular formula is C21H22N6O2S2. The molecule has 10 heteroatoms. The number of anilines is 1. The van der Waals surface area contributed by atoms with Crippen molar-refractivity contribution in [2.24, 2.45) is 14.1 Å². The van der Waals surface area contributed by atoms with Gasteiger partial charge in [-0.25, -0.2) is 4.68 Å². The second kappa shape index (κ2) is 8.94. The van der Waals surface area contributed by atoms with Crippen LogP contribution in [0.15, 0.2) is 57.8 Å². The van der Waals surface area contributed by atoms with Gasteiger partial charge in [0.2, 0.25) is 5.91 Å². The molecule has 0 fully saturated rings. The monoisotopic (exact) mass is 454 g/mol. The average molecular weight is 455 g/mol. The molecule has 0 aliphatic carbocycles. The van der Waals surface area contributed by atoms with E-state index in [0.717, 1.165) is 21.5 Å². The number of thioether (sulfide) groups is 1. The van der Waals surface area contributed by atoms with Gasteiger partial charge in [-0.1, -0.05) is 36.0 Å². The first-order valence-electron chi connectivity index (χ1n) is 9.67. The van der Waals surface area contributed by atoms with Crippen molar-refractivity contribution in [3.8, 4) is 16.4 Å². The summed E-state index contributed by atoms with van der Waals surface area (Å²) >= 11 is 3.07. The van der Waals surface area contributed by atoms with E-state index in [-0.39, 0.29) is 17.9 Å². The third-order valence-electron chi connectivity index (χ3n) is 4.96. The van der Waals surface area contributed by atoms with Crippen molar-refractivity contribution in [1.82, 2.24) is 24.1 Å². The van der Waals surface area contributed by atoms with E-state index in [1.165, 1.54) is 11.8 Å². The summed E-state index contributed by atoms with van der Waals surface area (Å²) in [4.78, 5) is 26.5. The van der Waals surface area contributed by atoms with E-state index in [1.807, 2.05) is 66.4 Å². The van der Waals surface area contributed by atoms with Crippen LogP contribution in [0.5, 0.6) is 0 Å². The number of aromatic nitrogens is 5. The van der Waals surface area contributed by atoms with Gasteiger partial charge in [0.1, 0.15) is 5.69 Å². The number of amides is 1. The van der Waals surface area contributed by atoms with E-state index in [4.69, 9.17) is 0 Å². The van der Waals surface area contributed by atoms with Crippen LogP contribution in [0.1, 0.15) is 12.1 Å². The quantitative estimate of drug-likeness (QED) is 0.432. The van der Waals surface area contributed by atoms with Gasteiger partial charge in [0.05, 0.1) is 16.3 Å². The summed E-state index contributed by atoms with van der Waals surface area (Å²) in [6.45, 7) is 1.82. The van der Waals surface area contributed by atoms with Crippen molar-refractivity contribution in [1.29, 1.82) is 0 Å². The summed E-state index contributed by atoms with van der Waals surface area (Å²) < 4.78 is 5.22. The highest BCUT2D eigenvalue weighted by Crippen LogP contribution is 2.26. The summed E-state index contributed by atoms with van der Waals surface area (Å²) in [5, 5.41) is 14.0. The molecule has 0 bridgehead atoms. The van der Waals surface area contributed by atoms with Crippen molar-refractivity contribution in [3.05, 3.63) is 63.9 Å². The molecule has 0 radical (unpaired) electrons. The fraction of sp³-hybridized carbons (Fsp3) is 0.238. The van der Waals surface area contributed by atoms with E-state index in [0.29, 0.717) is 17.1 Å². The number of nitrogens with zero attached hydrogens (tertiary/aromatic N) is 5. The van der Waals surface area contributed by atoms with E-state index in [9.17, 15) is 9.59 Å². The van der Waals surface area contributed by atoms with Gasteiger partial charge >= 0.3 is 0 Å². The minimum Gasteiger partial charge on any atom is -0.320 e. The molecule has 0 saturated carbocycles. The Kier molecular flexibility index (Phi) is 6.10. The van der Waals surface area contributed by atoms with Crippen LogP contribution in [-0.2, 0) is 18.9 Å². The van der Waals surface area contributed by atoms with Gasteiger partial charge < -0.3 is 9.88 Å². The van der Waals surface area contributed by atoms with Gasteiger partial charge in [-0.05, 0) is 30.5 Å². The molecule has 31 heavy (non-hydrogen) atoms. The van der Waals surface area contributed by atoms with Crippen LogP contribution < -0.4 is 10.9 Å². The summed E-state index contributed by atoms with van der Waals surface area (Å²) in [6.07, 6.45) is 0.255. The zero-order chi connectivity index (χ0) is 22.0. The molecular weight excluding hydrogens is 432 g/mol. The minimum absolute atomic E-state index is 0.209. The third-order valence-corrected chi connectivity index (χ3v) is 6.84. The molecule has 4 aromatic rings. The fourth-order valence-corrected chi connectivity index (χ4v) is 4.80. The Hall–Kier alpha value is -3.11. The van der Waals surface area contributed by atoms with Crippen LogP contribution in [-0.4, -0.2) is 35.8 Å². The smallest absolute Gasteiger partial charge is 0.295 e. The van der Waals surface area contributed by atoms with Crippen molar-refractivity contribution in [2.75, 3.05) is 11.1 Å². The molecule has 0 unspecified atom stereocenters. The maximum absolute atomic E-state index is 12.9. The van der Waals surface area contributed by atoms with E-state index in [1.54, 1.807) is 27.7 Å². The Balaban J connectivity index is 1.41. The zero-order valence-electron chi connectivity index (χ0n) is 17.4. The molecule has 4 rings (SSSR count). The SMILES string of the molecule is Cc1c(NC(=O)CCSc2nnc(-c3cccs3)n2C)c(=O)n(-c2ccccc2)n1C. The second-order valence-electron chi connectivity index (χ2n) is 6.93. The zero-order valence-corrected chi connectivity index (χ0v) is 19.0. The Bertz CT molecular complexity index is 1260. The fourth-order valence-electron chi connectivity index (χ4n) is 3.21. The Morgan fingerprint density at radius 2 is 1.90 bits per heavy atom. The normalized spacial score (nSPS) is 11.1. The number of hydrogen-bond acceptors (Lipinski definition) is 6. The highest BCUT2D eigenvalue weighted by molar-refractivity contribution is 7.99. The molecule has 0 aliphatic heterocycles. The summed E-state index contributed by atoms with van der Waals surface area (Å²) in [5.41, 5.74) is 1.50. The molecule has 0 atom stereocenters. The number of hydrogen-bond donors (Lipinski definition) is 1. The van der Waals surface area contributed by atoms with Gasteiger partial charge in [0, 0.05) is 26.3 Å². The number of rotatable bonds is 7. The molecule has 0 spiro atoms. The van der Waals surface area contributed by atoms with Crippen LogP contribution in [0.2, 0.25) is 0 Å². The Morgan fingerprint density at radius 1 is 1.13 bits per heavy atom. The van der Waals surface area contributed by atoms with Crippen molar-refractivity contribution < 1.29 is 4.79 Å². The molecule has 1 aromatic carbocycles. The summed E-state index contributed by atoms with van der Waals surface area (Å²) in [6, 6.07) is 13.3. The number of para-hydroxylation sites is 1. The number of benzene rings is 1. The van der Waals surface area contributed by atoms with Crippen LogP contribution in [0, 0.1) is 6.92 Å². The summed E-state index contributed by atoms with van der Waals surface area (Å²) in [5.74, 6) is 1.13. The average Bonchev–Trinajstić information content (AvgIpc) is 3.46. The molecule has 3 aromatic heterocycles. The van der Waals surface area contributed by atoms with Crippen LogP contribution in [0.3, 0.4) is 0 Å².